The number of aryl methyl sites for hydroxylation is 2. The average Bonchev–Trinajstić information content (AvgIpc) is 2.32. The molecule has 7 nitrogen and oxygen atoms in total. The molecule has 0 aliphatic heterocycles. The molecule has 0 radical (unpaired) electrons. The third-order valence-electron chi connectivity index (χ3n) is 2.89. The van der Waals surface area contributed by atoms with Crippen molar-refractivity contribution in [1.29, 1.82) is 0 Å². The summed E-state index contributed by atoms with van der Waals surface area (Å²) in [6.07, 6.45) is 1.39. The smallest absolute Gasteiger partial charge is 0.242 e. The van der Waals surface area contributed by atoms with E-state index in [1.807, 2.05) is 0 Å². The Bertz CT molecular complexity index is 712. The van der Waals surface area contributed by atoms with Crippen LogP contribution in [0.5, 0.6) is 0 Å². The van der Waals surface area contributed by atoms with Gasteiger partial charge < -0.3 is 5.73 Å². The van der Waals surface area contributed by atoms with E-state index in [-0.39, 0.29) is 23.7 Å². The molecule has 0 saturated heterocycles. The molecule has 0 bridgehead atoms. The van der Waals surface area contributed by atoms with Crippen LogP contribution in [0.3, 0.4) is 0 Å². The van der Waals surface area contributed by atoms with E-state index < -0.39 is 20.0 Å². The number of hydrogen-bond acceptors (Lipinski definition) is 5. The molecule has 0 aliphatic carbocycles. The van der Waals surface area contributed by atoms with Crippen molar-refractivity contribution >= 4 is 25.7 Å². The molecule has 0 unspecified atom stereocenters. The van der Waals surface area contributed by atoms with E-state index in [1.165, 1.54) is 0 Å². The normalized spacial score (nSPS) is 12.5. The van der Waals surface area contributed by atoms with Gasteiger partial charge in [0.25, 0.3) is 0 Å². The van der Waals surface area contributed by atoms with Crippen LogP contribution in [0.15, 0.2) is 17.0 Å². The number of sulfonamides is 2. The predicted octanol–water partition coefficient (Wildman–Crippen LogP) is 0.103. The van der Waals surface area contributed by atoms with E-state index in [1.54, 1.807) is 26.0 Å². The van der Waals surface area contributed by atoms with Crippen molar-refractivity contribution in [2.45, 2.75) is 25.2 Å². The van der Waals surface area contributed by atoms with Crippen LogP contribution >= 0.6 is 0 Å². The highest BCUT2D eigenvalue weighted by Crippen LogP contribution is 2.25. The van der Waals surface area contributed by atoms with Crippen molar-refractivity contribution in [3.05, 3.63) is 23.3 Å². The molecule has 0 aromatic heterocycles. The van der Waals surface area contributed by atoms with E-state index >= 15 is 0 Å². The minimum absolute atomic E-state index is 0.0820. The fourth-order valence-electron chi connectivity index (χ4n) is 1.79. The first-order chi connectivity index (χ1) is 9.54. The van der Waals surface area contributed by atoms with Crippen LogP contribution in [0.4, 0.5) is 5.69 Å². The summed E-state index contributed by atoms with van der Waals surface area (Å²) in [7, 11) is -6.97. The molecule has 4 N–H and O–H groups in total. The number of anilines is 1. The van der Waals surface area contributed by atoms with Gasteiger partial charge in [-0.05, 0) is 31.4 Å². The Kier molecular flexibility index (Phi) is 5.74. The highest BCUT2D eigenvalue weighted by molar-refractivity contribution is 7.89. The summed E-state index contributed by atoms with van der Waals surface area (Å²) in [6.45, 7) is 3.71. The van der Waals surface area contributed by atoms with E-state index in [2.05, 4.69) is 9.44 Å². The largest absolute Gasteiger partial charge is 0.397 e. The zero-order valence-corrected chi connectivity index (χ0v) is 13.9. The summed E-state index contributed by atoms with van der Waals surface area (Å²) in [5.74, 6) is 0. The van der Waals surface area contributed by atoms with E-state index in [9.17, 15) is 16.8 Å². The molecular formula is C12H21N3O4S2. The zero-order valence-electron chi connectivity index (χ0n) is 12.3. The number of benzene rings is 1. The van der Waals surface area contributed by atoms with Gasteiger partial charge in [0.2, 0.25) is 20.0 Å². The third-order valence-corrected chi connectivity index (χ3v) is 5.28. The van der Waals surface area contributed by atoms with Gasteiger partial charge in [0.1, 0.15) is 4.90 Å². The predicted molar refractivity (Wildman–Crippen MR) is 83.0 cm³/mol. The Hall–Kier alpha value is -1.16. The van der Waals surface area contributed by atoms with Crippen molar-refractivity contribution in [2.75, 3.05) is 25.1 Å². The number of nitrogen functional groups attached to an aromatic ring is 1. The minimum atomic E-state index is -3.71. The molecule has 0 saturated carbocycles. The third kappa shape index (κ3) is 5.27. The lowest BCUT2D eigenvalue weighted by atomic mass is 10.1. The summed E-state index contributed by atoms with van der Waals surface area (Å²) in [5, 5.41) is 0. The first-order valence-corrected chi connectivity index (χ1v) is 9.72. The SMILES string of the molecule is Cc1ccc(C)c(S(=O)(=O)NCCCNS(C)(=O)=O)c1N. The summed E-state index contributed by atoms with van der Waals surface area (Å²) in [5.41, 5.74) is 7.34. The molecule has 1 aromatic carbocycles. The second kappa shape index (κ2) is 6.73. The number of rotatable bonds is 7. The lowest BCUT2D eigenvalue weighted by Crippen LogP contribution is -2.30. The summed E-state index contributed by atoms with van der Waals surface area (Å²) < 4.78 is 51.0. The average molecular weight is 335 g/mol. The lowest BCUT2D eigenvalue weighted by molar-refractivity contribution is 0.574. The summed E-state index contributed by atoms with van der Waals surface area (Å²) in [4.78, 5) is 0.0820. The van der Waals surface area contributed by atoms with Gasteiger partial charge in [-0.3, -0.25) is 0 Å². The van der Waals surface area contributed by atoms with Gasteiger partial charge in [-0.25, -0.2) is 26.3 Å². The van der Waals surface area contributed by atoms with Gasteiger partial charge >= 0.3 is 0 Å². The maximum atomic E-state index is 12.3. The zero-order chi connectivity index (χ0) is 16.3. The summed E-state index contributed by atoms with van der Waals surface area (Å²) >= 11 is 0. The van der Waals surface area contributed by atoms with Crippen molar-refractivity contribution in [1.82, 2.24) is 9.44 Å². The van der Waals surface area contributed by atoms with Crippen molar-refractivity contribution in [3.63, 3.8) is 0 Å². The molecular weight excluding hydrogens is 314 g/mol. The molecule has 0 atom stereocenters. The van der Waals surface area contributed by atoms with Crippen LogP contribution in [-0.4, -0.2) is 36.2 Å². The fraction of sp³-hybridized carbons (Fsp3) is 0.500. The van der Waals surface area contributed by atoms with Crippen LogP contribution in [0.2, 0.25) is 0 Å². The number of nitrogens with two attached hydrogens (primary N) is 1. The van der Waals surface area contributed by atoms with Crippen molar-refractivity contribution in [2.24, 2.45) is 0 Å². The molecule has 0 heterocycles. The summed E-state index contributed by atoms with van der Waals surface area (Å²) in [6, 6.07) is 3.46. The molecule has 120 valence electrons. The second-order valence-corrected chi connectivity index (χ2v) is 8.40. The van der Waals surface area contributed by atoms with Gasteiger partial charge in [0.05, 0.1) is 11.9 Å². The van der Waals surface area contributed by atoms with Crippen molar-refractivity contribution in [3.8, 4) is 0 Å². The second-order valence-electron chi connectivity index (χ2n) is 4.86. The molecule has 1 rings (SSSR count). The van der Waals surface area contributed by atoms with Crippen LogP contribution < -0.4 is 15.2 Å². The first kappa shape index (κ1) is 17.9. The Morgan fingerprint density at radius 1 is 1.00 bits per heavy atom. The quantitative estimate of drug-likeness (QED) is 0.482. The Morgan fingerprint density at radius 3 is 2.10 bits per heavy atom. The Balaban J connectivity index is 2.73. The lowest BCUT2D eigenvalue weighted by Gasteiger charge is -2.13. The highest BCUT2D eigenvalue weighted by Gasteiger charge is 2.20. The topological polar surface area (TPSA) is 118 Å². The van der Waals surface area contributed by atoms with Gasteiger partial charge in [0.15, 0.2) is 0 Å². The van der Waals surface area contributed by atoms with Crippen molar-refractivity contribution < 1.29 is 16.8 Å². The molecule has 9 heteroatoms. The number of nitrogens with one attached hydrogen (secondary N) is 2. The van der Waals surface area contributed by atoms with E-state index in [0.29, 0.717) is 17.5 Å². The first-order valence-electron chi connectivity index (χ1n) is 6.34. The standard InChI is InChI=1S/C12H21N3O4S2/c1-9-5-6-10(2)12(11(9)13)21(18,19)15-8-4-7-14-20(3,16)17/h5-6,14-15H,4,7-8,13H2,1-3H3. The van der Waals surface area contributed by atoms with Crippen LogP contribution in [0.25, 0.3) is 0 Å². The molecule has 0 spiro atoms. The van der Waals surface area contributed by atoms with Gasteiger partial charge in [0, 0.05) is 13.1 Å². The van der Waals surface area contributed by atoms with Gasteiger partial charge in [-0.15, -0.1) is 0 Å². The molecule has 0 amide bonds. The molecule has 21 heavy (non-hydrogen) atoms. The maximum absolute atomic E-state index is 12.3. The van der Waals surface area contributed by atoms with Gasteiger partial charge in [-0.1, -0.05) is 12.1 Å². The van der Waals surface area contributed by atoms with Crippen LogP contribution in [0.1, 0.15) is 17.5 Å². The van der Waals surface area contributed by atoms with Crippen LogP contribution in [-0.2, 0) is 20.0 Å². The van der Waals surface area contributed by atoms with Crippen LogP contribution in [0, 0.1) is 13.8 Å². The maximum Gasteiger partial charge on any atom is 0.242 e. The molecule has 0 aliphatic rings. The highest BCUT2D eigenvalue weighted by atomic mass is 32.2. The minimum Gasteiger partial charge on any atom is -0.397 e. The van der Waals surface area contributed by atoms with E-state index in [0.717, 1.165) is 6.26 Å². The van der Waals surface area contributed by atoms with Gasteiger partial charge in [-0.2, -0.15) is 0 Å². The Morgan fingerprint density at radius 2 is 1.52 bits per heavy atom. The Labute approximate surface area is 126 Å². The molecule has 0 fully saturated rings. The number of hydrogen-bond donors (Lipinski definition) is 3. The van der Waals surface area contributed by atoms with E-state index in [4.69, 9.17) is 5.73 Å². The molecule has 1 aromatic rings. The fourth-order valence-corrected chi connectivity index (χ4v) is 3.80. The monoisotopic (exact) mass is 335 g/mol.